The molecule has 0 aromatic carbocycles. The fraction of sp³-hybridized carbons (Fsp3) is 0.769. The molecule has 0 radical (unpaired) electrons. The summed E-state index contributed by atoms with van der Waals surface area (Å²) < 4.78 is 0. The van der Waals surface area contributed by atoms with Gasteiger partial charge in [0.15, 0.2) is 0 Å². The fourth-order valence-electron chi connectivity index (χ4n) is 2.83. The van der Waals surface area contributed by atoms with Gasteiger partial charge in [0.2, 0.25) is 0 Å². The maximum atomic E-state index is 12.0. The highest BCUT2D eigenvalue weighted by atomic mass is 16.4. The lowest BCUT2D eigenvalue weighted by Gasteiger charge is -2.20. The Hall–Kier alpha value is -1.63. The molecule has 2 rings (SSSR count). The molecule has 7 nitrogen and oxygen atoms in total. The molecule has 7 heteroatoms. The fourth-order valence-corrected chi connectivity index (χ4v) is 2.83. The molecule has 112 valence electrons. The van der Waals surface area contributed by atoms with Crippen LogP contribution in [-0.4, -0.2) is 64.5 Å². The Labute approximate surface area is 117 Å². The number of aliphatic carboxylic acids is 1. The zero-order valence-corrected chi connectivity index (χ0v) is 12.0. The zero-order valence-electron chi connectivity index (χ0n) is 12.0. The largest absolute Gasteiger partial charge is 0.481 e. The van der Waals surface area contributed by atoms with E-state index in [9.17, 15) is 14.4 Å². The van der Waals surface area contributed by atoms with E-state index in [0.717, 1.165) is 0 Å². The van der Waals surface area contributed by atoms with Gasteiger partial charge in [-0.05, 0) is 19.8 Å². The van der Waals surface area contributed by atoms with Gasteiger partial charge in [-0.1, -0.05) is 6.92 Å². The molecule has 0 aromatic rings. The van der Waals surface area contributed by atoms with Crippen molar-refractivity contribution in [3.63, 3.8) is 0 Å². The minimum Gasteiger partial charge on any atom is -0.481 e. The molecule has 0 spiro atoms. The first-order valence-corrected chi connectivity index (χ1v) is 6.81. The van der Waals surface area contributed by atoms with Gasteiger partial charge in [0.25, 0.3) is 5.91 Å². The number of carboxylic acids is 1. The lowest BCUT2D eigenvalue weighted by atomic mass is 9.99. The standard InChI is InChI=1S/C13H21N3O4/c1-8-6-15(7-9(8)10(17)18)4-5-16-11(19)13(2,3)14-12(16)20/h8-9H,4-7H2,1-3H3,(H,14,20)(H,17,18). The quantitative estimate of drug-likeness (QED) is 0.707. The van der Waals surface area contributed by atoms with E-state index in [-0.39, 0.29) is 23.8 Å². The minimum atomic E-state index is -0.848. The molecule has 2 N–H and O–H groups in total. The number of nitrogens with zero attached hydrogens (tertiary/aromatic N) is 2. The number of carbonyl (C=O) groups excluding carboxylic acids is 2. The molecule has 2 unspecified atom stereocenters. The van der Waals surface area contributed by atoms with Crippen molar-refractivity contribution in [1.82, 2.24) is 15.1 Å². The normalized spacial score (nSPS) is 29.9. The number of urea groups is 1. The van der Waals surface area contributed by atoms with Crippen LogP contribution in [0.5, 0.6) is 0 Å². The first kappa shape index (κ1) is 14.8. The Morgan fingerprint density at radius 1 is 1.35 bits per heavy atom. The van der Waals surface area contributed by atoms with Gasteiger partial charge in [0, 0.05) is 26.2 Å². The van der Waals surface area contributed by atoms with E-state index < -0.39 is 11.5 Å². The van der Waals surface area contributed by atoms with Gasteiger partial charge in [-0.2, -0.15) is 0 Å². The second kappa shape index (κ2) is 5.05. The van der Waals surface area contributed by atoms with Gasteiger partial charge >= 0.3 is 12.0 Å². The van der Waals surface area contributed by atoms with Crippen LogP contribution in [0.15, 0.2) is 0 Å². The topological polar surface area (TPSA) is 90.0 Å². The Morgan fingerprint density at radius 3 is 2.45 bits per heavy atom. The Bertz CT molecular complexity index is 449. The molecule has 2 fully saturated rings. The number of hydrogen-bond donors (Lipinski definition) is 2. The summed E-state index contributed by atoms with van der Waals surface area (Å²) in [6.07, 6.45) is 0. The molecule has 3 amide bonds. The summed E-state index contributed by atoms with van der Waals surface area (Å²) in [5, 5.41) is 11.7. The number of carbonyl (C=O) groups is 3. The monoisotopic (exact) mass is 283 g/mol. The van der Waals surface area contributed by atoms with Gasteiger partial charge < -0.3 is 15.3 Å². The molecular formula is C13H21N3O4. The lowest BCUT2D eigenvalue weighted by molar-refractivity contribution is -0.142. The lowest BCUT2D eigenvalue weighted by Crippen LogP contribution is -2.41. The van der Waals surface area contributed by atoms with Crippen molar-refractivity contribution in [3.8, 4) is 0 Å². The summed E-state index contributed by atoms with van der Waals surface area (Å²) in [5.41, 5.74) is -0.848. The highest BCUT2D eigenvalue weighted by Gasteiger charge is 2.44. The number of amides is 3. The van der Waals surface area contributed by atoms with Crippen molar-refractivity contribution < 1.29 is 19.5 Å². The summed E-state index contributed by atoms with van der Waals surface area (Å²) in [6, 6.07) is -0.373. The Kier molecular flexibility index (Phi) is 3.73. The first-order chi connectivity index (χ1) is 9.22. The minimum absolute atomic E-state index is 0.0899. The molecule has 0 saturated carbocycles. The van der Waals surface area contributed by atoms with Gasteiger partial charge in [-0.3, -0.25) is 14.5 Å². The van der Waals surface area contributed by atoms with Crippen molar-refractivity contribution in [3.05, 3.63) is 0 Å². The third kappa shape index (κ3) is 2.63. The van der Waals surface area contributed by atoms with Gasteiger partial charge in [0.1, 0.15) is 5.54 Å². The van der Waals surface area contributed by atoms with Crippen molar-refractivity contribution in [2.75, 3.05) is 26.2 Å². The van der Waals surface area contributed by atoms with Crippen LogP contribution in [0.3, 0.4) is 0 Å². The number of carboxylic acid groups (broad SMARTS) is 1. The highest BCUT2D eigenvalue weighted by Crippen LogP contribution is 2.23. The third-order valence-corrected chi connectivity index (χ3v) is 4.09. The van der Waals surface area contributed by atoms with Crippen LogP contribution in [0, 0.1) is 11.8 Å². The summed E-state index contributed by atoms with van der Waals surface area (Å²) in [6.45, 7) is 7.23. The van der Waals surface area contributed by atoms with Crippen LogP contribution < -0.4 is 5.32 Å². The van der Waals surface area contributed by atoms with E-state index in [1.54, 1.807) is 13.8 Å². The molecule has 0 aliphatic carbocycles. The van der Waals surface area contributed by atoms with Crippen LogP contribution in [0.2, 0.25) is 0 Å². The van der Waals surface area contributed by atoms with E-state index in [1.165, 1.54) is 4.90 Å². The maximum absolute atomic E-state index is 12.0. The second-order valence-corrected chi connectivity index (χ2v) is 6.19. The van der Waals surface area contributed by atoms with Gasteiger partial charge in [-0.25, -0.2) is 4.79 Å². The van der Waals surface area contributed by atoms with Crippen LogP contribution in [-0.2, 0) is 9.59 Å². The molecular weight excluding hydrogens is 262 g/mol. The first-order valence-electron chi connectivity index (χ1n) is 6.81. The molecule has 2 atom stereocenters. The number of rotatable bonds is 4. The Balaban J connectivity index is 1.89. The van der Waals surface area contributed by atoms with Crippen molar-refractivity contribution in [1.29, 1.82) is 0 Å². The molecule has 20 heavy (non-hydrogen) atoms. The van der Waals surface area contributed by atoms with E-state index in [2.05, 4.69) is 5.32 Å². The van der Waals surface area contributed by atoms with Crippen LogP contribution in [0.4, 0.5) is 4.79 Å². The zero-order chi connectivity index (χ0) is 15.1. The molecule has 0 aromatic heterocycles. The maximum Gasteiger partial charge on any atom is 0.325 e. The third-order valence-electron chi connectivity index (χ3n) is 4.09. The molecule has 2 heterocycles. The van der Waals surface area contributed by atoms with E-state index in [1.807, 2.05) is 11.8 Å². The smallest absolute Gasteiger partial charge is 0.325 e. The summed E-state index contributed by atoms with van der Waals surface area (Å²) in [7, 11) is 0. The van der Waals surface area contributed by atoms with Crippen molar-refractivity contribution in [2.45, 2.75) is 26.3 Å². The predicted octanol–water partition coefficient (Wildman–Crippen LogP) is -0.0307. The number of hydrogen-bond acceptors (Lipinski definition) is 4. The molecule has 2 saturated heterocycles. The Morgan fingerprint density at radius 2 is 2.00 bits per heavy atom. The number of likely N-dealkylation sites (tertiary alicyclic amines) is 1. The van der Waals surface area contributed by atoms with Crippen LogP contribution in [0.25, 0.3) is 0 Å². The summed E-state index contributed by atoms with van der Waals surface area (Å²) in [4.78, 5) is 38.0. The van der Waals surface area contributed by atoms with Crippen molar-refractivity contribution >= 4 is 17.9 Å². The number of imide groups is 1. The highest BCUT2D eigenvalue weighted by molar-refractivity contribution is 6.06. The predicted molar refractivity (Wildman–Crippen MR) is 71.1 cm³/mol. The van der Waals surface area contributed by atoms with Gasteiger partial charge in [-0.15, -0.1) is 0 Å². The van der Waals surface area contributed by atoms with E-state index >= 15 is 0 Å². The second-order valence-electron chi connectivity index (χ2n) is 6.19. The van der Waals surface area contributed by atoms with Crippen LogP contribution >= 0.6 is 0 Å². The van der Waals surface area contributed by atoms with Crippen molar-refractivity contribution in [2.24, 2.45) is 11.8 Å². The van der Waals surface area contributed by atoms with E-state index in [0.29, 0.717) is 26.2 Å². The summed E-state index contributed by atoms with van der Waals surface area (Å²) >= 11 is 0. The van der Waals surface area contributed by atoms with Gasteiger partial charge in [0.05, 0.1) is 5.92 Å². The average Bonchev–Trinajstić information content (AvgIpc) is 2.77. The average molecular weight is 283 g/mol. The van der Waals surface area contributed by atoms with Crippen LogP contribution in [0.1, 0.15) is 20.8 Å². The molecule has 0 bridgehead atoms. The SMILES string of the molecule is CC1CN(CCN2C(=O)NC(C)(C)C2=O)CC1C(=O)O. The number of nitrogens with one attached hydrogen (secondary N) is 1. The van der Waals surface area contributed by atoms with E-state index in [4.69, 9.17) is 5.11 Å². The molecule has 2 aliphatic heterocycles. The summed E-state index contributed by atoms with van der Waals surface area (Å²) in [5.74, 6) is -1.29. The molecule has 2 aliphatic rings.